The Labute approximate surface area is 97.0 Å². The van der Waals surface area contributed by atoms with E-state index in [1.807, 2.05) is 0 Å². The van der Waals surface area contributed by atoms with Crippen LogP contribution in [-0.2, 0) is 6.18 Å². The summed E-state index contributed by atoms with van der Waals surface area (Å²) in [7, 11) is 0. The van der Waals surface area contributed by atoms with Crippen molar-refractivity contribution in [1.29, 1.82) is 0 Å². The molecule has 0 aliphatic carbocycles. The van der Waals surface area contributed by atoms with Gasteiger partial charge in [0.05, 0.1) is 6.20 Å². The Hall–Kier alpha value is -1.37. The quantitative estimate of drug-likeness (QED) is 0.808. The van der Waals surface area contributed by atoms with E-state index in [0.29, 0.717) is 4.47 Å². The van der Waals surface area contributed by atoms with Crippen LogP contribution in [0.15, 0.2) is 35.1 Å². The van der Waals surface area contributed by atoms with E-state index in [4.69, 9.17) is 0 Å². The third-order valence-electron chi connectivity index (χ3n) is 1.86. The first-order chi connectivity index (χ1) is 7.48. The number of hydrogen-bond donors (Lipinski definition) is 0. The van der Waals surface area contributed by atoms with Gasteiger partial charge in [-0.25, -0.2) is 9.67 Å². The second-order valence-electron chi connectivity index (χ2n) is 2.96. The second-order valence-corrected chi connectivity index (χ2v) is 3.88. The molecule has 0 aliphatic heterocycles. The molecule has 0 aromatic carbocycles. The zero-order chi connectivity index (χ0) is 11.8. The van der Waals surface area contributed by atoms with Gasteiger partial charge in [-0.3, -0.25) is 0 Å². The average molecular weight is 292 g/mol. The van der Waals surface area contributed by atoms with Crippen LogP contribution in [0.3, 0.4) is 0 Å². The summed E-state index contributed by atoms with van der Waals surface area (Å²) < 4.78 is 39.1. The lowest BCUT2D eigenvalue weighted by Gasteiger charge is -2.09. The maximum Gasteiger partial charge on any atom is 0.433 e. The molecule has 0 amide bonds. The van der Waals surface area contributed by atoms with E-state index in [9.17, 15) is 13.2 Å². The molecule has 2 aromatic heterocycles. The Kier molecular flexibility index (Phi) is 2.71. The molecule has 3 nitrogen and oxygen atoms in total. The largest absolute Gasteiger partial charge is 0.433 e. The number of rotatable bonds is 1. The van der Waals surface area contributed by atoms with Gasteiger partial charge in [0.15, 0.2) is 5.82 Å². The highest BCUT2D eigenvalue weighted by molar-refractivity contribution is 9.10. The summed E-state index contributed by atoms with van der Waals surface area (Å²) in [6.07, 6.45) is -1.94. The van der Waals surface area contributed by atoms with Crippen LogP contribution in [0.5, 0.6) is 0 Å². The molecule has 16 heavy (non-hydrogen) atoms. The molecule has 7 heteroatoms. The topological polar surface area (TPSA) is 30.7 Å². The van der Waals surface area contributed by atoms with Gasteiger partial charge in [0, 0.05) is 10.7 Å². The minimum absolute atomic E-state index is 0.125. The summed E-state index contributed by atoms with van der Waals surface area (Å²) in [6.45, 7) is 0. The summed E-state index contributed by atoms with van der Waals surface area (Å²) in [6, 6.07) is 3.96. The van der Waals surface area contributed by atoms with Crippen LogP contribution < -0.4 is 0 Å². The van der Waals surface area contributed by atoms with Gasteiger partial charge in [-0.1, -0.05) is 0 Å². The molecule has 0 radical (unpaired) electrons. The highest BCUT2D eigenvalue weighted by Crippen LogP contribution is 2.30. The summed E-state index contributed by atoms with van der Waals surface area (Å²) in [5.41, 5.74) is -0.845. The molecule has 0 saturated heterocycles. The number of aromatic nitrogens is 3. The zero-order valence-electron chi connectivity index (χ0n) is 7.74. The van der Waals surface area contributed by atoms with Crippen LogP contribution in [0, 0.1) is 0 Å². The number of halogens is 4. The Morgan fingerprint density at radius 2 is 1.94 bits per heavy atom. The first-order valence-electron chi connectivity index (χ1n) is 4.21. The number of nitrogens with zero attached hydrogens (tertiary/aromatic N) is 3. The lowest BCUT2D eigenvalue weighted by molar-refractivity contribution is -0.142. The Balaban J connectivity index is 2.49. The van der Waals surface area contributed by atoms with Crippen LogP contribution in [-0.4, -0.2) is 14.8 Å². The highest BCUT2D eigenvalue weighted by atomic mass is 79.9. The van der Waals surface area contributed by atoms with Gasteiger partial charge in [-0.15, -0.1) is 0 Å². The molecule has 0 bridgehead atoms. The van der Waals surface area contributed by atoms with Crippen LogP contribution >= 0.6 is 15.9 Å². The van der Waals surface area contributed by atoms with E-state index in [1.165, 1.54) is 12.3 Å². The number of pyridine rings is 1. The van der Waals surface area contributed by atoms with E-state index in [0.717, 1.165) is 16.9 Å². The monoisotopic (exact) mass is 291 g/mol. The molecular weight excluding hydrogens is 287 g/mol. The predicted octanol–water partition coefficient (Wildman–Crippen LogP) is 3.05. The highest BCUT2D eigenvalue weighted by Gasteiger charge is 2.35. The molecule has 0 atom stereocenters. The van der Waals surface area contributed by atoms with Gasteiger partial charge in [0.1, 0.15) is 5.69 Å². The van der Waals surface area contributed by atoms with Gasteiger partial charge in [-0.05, 0) is 34.1 Å². The van der Waals surface area contributed by atoms with Gasteiger partial charge >= 0.3 is 6.18 Å². The van der Waals surface area contributed by atoms with Gasteiger partial charge < -0.3 is 0 Å². The molecule has 2 aromatic rings. The van der Waals surface area contributed by atoms with Crippen molar-refractivity contribution < 1.29 is 13.2 Å². The molecule has 0 fully saturated rings. The molecular formula is C9H5BrF3N3. The van der Waals surface area contributed by atoms with Gasteiger partial charge in [-0.2, -0.15) is 18.3 Å². The van der Waals surface area contributed by atoms with Crippen molar-refractivity contribution in [3.63, 3.8) is 0 Å². The fraction of sp³-hybridized carbons (Fsp3) is 0.111. The number of alkyl halides is 3. The number of hydrogen-bond acceptors (Lipinski definition) is 2. The Bertz CT molecular complexity index is 489. The fourth-order valence-electron chi connectivity index (χ4n) is 1.19. The normalized spacial score (nSPS) is 11.8. The van der Waals surface area contributed by atoms with Crippen LogP contribution in [0.2, 0.25) is 0 Å². The summed E-state index contributed by atoms with van der Waals surface area (Å²) >= 11 is 3.15. The Morgan fingerprint density at radius 3 is 2.50 bits per heavy atom. The molecule has 0 saturated carbocycles. The van der Waals surface area contributed by atoms with Gasteiger partial charge in [0.25, 0.3) is 0 Å². The third kappa shape index (κ3) is 2.08. The lowest BCUT2D eigenvalue weighted by atomic mass is 10.4. The van der Waals surface area contributed by atoms with Crippen molar-refractivity contribution in [2.75, 3.05) is 0 Å². The first kappa shape index (κ1) is 11.1. The average Bonchev–Trinajstić information content (AvgIpc) is 2.66. The maximum absolute atomic E-state index is 12.5. The van der Waals surface area contributed by atoms with Crippen molar-refractivity contribution in [2.24, 2.45) is 0 Å². The smallest absolute Gasteiger partial charge is 0.236 e. The van der Waals surface area contributed by atoms with E-state index < -0.39 is 11.9 Å². The van der Waals surface area contributed by atoms with Crippen LogP contribution in [0.25, 0.3) is 5.82 Å². The van der Waals surface area contributed by atoms with Crippen LogP contribution in [0.4, 0.5) is 13.2 Å². The van der Waals surface area contributed by atoms with E-state index in [2.05, 4.69) is 26.0 Å². The fourth-order valence-corrected chi connectivity index (χ4v) is 1.43. The molecule has 0 N–H and O–H groups in total. The van der Waals surface area contributed by atoms with E-state index >= 15 is 0 Å². The van der Waals surface area contributed by atoms with Crippen molar-refractivity contribution in [3.05, 3.63) is 40.8 Å². The SMILES string of the molecule is FC(F)(F)c1ccnn1-c1ccc(Br)cn1. The molecule has 2 heterocycles. The molecule has 0 spiro atoms. The van der Waals surface area contributed by atoms with Crippen molar-refractivity contribution in [1.82, 2.24) is 14.8 Å². The molecule has 2 rings (SSSR count). The molecule has 84 valence electrons. The standard InChI is InChI=1S/C9H5BrF3N3/c10-6-1-2-8(14-5-6)16-7(3-4-15-16)9(11,12)13/h1-5H. The van der Waals surface area contributed by atoms with Gasteiger partial charge in [0.2, 0.25) is 0 Å². The van der Waals surface area contributed by atoms with Crippen molar-refractivity contribution in [2.45, 2.75) is 6.18 Å². The Morgan fingerprint density at radius 1 is 1.19 bits per heavy atom. The summed E-state index contributed by atoms with van der Waals surface area (Å²) in [5.74, 6) is 0.125. The van der Waals surface area contributed by atoms with E-state index in [1.54, 1.807) is 6.07 Å². The summed E-state index contributed by atoms with van der Waals surface area (Å²) in [4.78, 5) is 3.85. The lowest BCUT2D eigenvalue weighted by Crippen LogP contribution is -2.13. The van der Waals surface area contributed by atoms with Crippen LogP contribution in [0.1, 0.15) is 5.69 Å². The molecule has 0 unspecified atom stereocenters. The maximum atomic E-state index is 12.5. The second kappa shape index (κ2) is 3.89. The first-order valence-corrected chi connectivity index (χ1v) is 5.01. The van der Waals surface area contributed by atoms with E-state index in [-0.39, 0.29) is 5.82 Å². The predicted molar refractivity (Wildman–Crippen MR) is 54.1 cm³/mol. The zero-order valence-corrected chi connectivity index (χ0v) is 9.33. The van der Waals surface area contributed by atoms with Crippen molar-refractivity contribution >= 4 is 15.9 Å². The van der Waals surface area contributed by atoms with Crippen molar-refractivity contribution in [3.8, 4) is 5.82 Å². The molecule has 0 aliphatic rings. The minimum Gasteiger partial charge on any atom is -0.236 e. The minimum atomic E-state index is -4.44. The summed E-state index contributed by atoms with van der Waals surface area (Å²) in [5, 5.41) is 3.60. The third-order valence-corrected chi connectivity index (χ3v) is 2.33.